The second-order valence-electron chi connectivity index (χ2n) is 6.24. The molecule has 0 saturated heterocycles. The molecule has 2 aliphatic carbocycles. The molecule has 4 rings (SSSR count). The van der Waals surface area contributed by atoms with Crippen LogP contribution >= 0.6 is 11.8 Å². The minimum Gasteiger partial charge on any atom is -0.313 e. The van der Waals surface area contributed by atoms with Crippen molar-refractivity contribution in [3.05, 3.63) is 29.8 Å². The van der Waals surface area contributed by atoms with Gasteiger partial charge in [0.05, 0.1) is 0 Å². The highest BCUT2D eigenvalue weighted by molar-refractivity contribution is 7.99. The molecule has 0 radical (unpaired) electrons. The molecule has 1 aliphatic heterocycles. The van der Waals surface area contributed by atoms with E-state index in [2.05, 4.69) is 29.6 Å². The molecule has 1 N–H and O–H groups in total. The van der Waals surface area contributed by atoms with Crippen LogP contribution in [-0.2, 0) is 0 Å². The summed E-state index contributed by atoms with van der Waals surface area (Å²) in [5.74, 6) is 4.06. The van der Waals surface area contributed by atoms with Crippen molar-refractivity contribution < 1.29 is 0 Å². The molecule has 2 fully saturated rings. The monoisotopic (exact) mass is 259 g/mol. The van der Waals surface area contributed by atoms with E-state index in [0.717, 1.165) is 23.8 Å². The summed E-state index contributed by atoms with van der Waals surface area (Å²) < 4.78 is 0. The first-order chi connectivity index (χ1) is 8.90. The molecule has 1 aromatic rings. The van der Waals surface area contributed by atoms with Crippen molar-refractivity contribution in [3.8, 4) is 0 Å². The molecule has 2 heteroatoms. The number of benzene rings is 1. The Bertz CT molecular complexity index is 444. The third-order valence-corrected chi connectivity index (χ3v) is 6.42. The van der Waals surface area contributed by atoms with Gasteiger partial charge in [0.15, 0.2) is 0 Å². The van der Waals surface area contributed by atoms with Crippen molar-refractivity contribution in [2.75, 3.05) is 12.3 Å². The molecule has 1 aromatic carbocycles. The topological polar surface area (TPSA) is 12.0 Å². The Hall–Kier alpha value is -0.470. The first-order valence-electron chi connectivity index (χ1n) is 7.35. The maximum Gasteiger partial charge on any atom is 0.0108 e. The number of fused-ring (bicyclic) bond motifs is 3. The molecule has 0 amide bonds. The van der Waals surface area contributed by atoms with Crippen molar-refractivity contribution in [1.82, 2.24) is 5.32 Å². The smallest absolute Gasteiger partial charge is 0.0108 e. The van der Waals surface area contributed by atoms with Gasteiger partial charge < -0.3 is 5.32 Å². The summed E-state index contributed by atoms with van der Waals surface area (Å²) in [6.07, 6.45) is 5.95. The van der Waals surface area contributed by atoms with Crippen LogP contribution in [0.2, 0.25) is 0 Å². The van der Waals surface area contributed by atoms with E-state index >= 15 is 0 Å². The van der Waals surface area contributed by atoms with Crippen LogP contribution in [0.3, 0.4) is 0 Å². The summed E-state index contributed by atoms with van der Waals surface area (Å²) in [5, 5.41) is 3.88. The van der Waals surface area contributed by atoms with Gasteiger partial charge in [-0.05, 0) is 42.7 Å². The van der Waals surface area contributed by atoms with Crippen LogP contribution in [0.25, 0.3) is 0 Å². The fourth-order valence-electron chi connectivity index (χ4n) is 4.19. The average Bonchev–Trinajstić information content (AvgIpc) is 3.11. The van der Waals surface area contributed by atoms with E-state index < -0.39 is 0 Å². The second kappa shape index (κ2) is 4.57. The van der Waals surface area contributed by atoms with E-state index in [1.807, 2.05) is 11.8 Å². The zero-order chi connectivity index (χ0) is 11.9. The van der Waals surface area contributed by atoms with Crippen molar-refractivity contribution in [1.29, 1.82) is 0 Å². The Morgan fingerprint density at radius 3 is 2.94 bits per heavy atom. The van der Waals surface area contributed by atoms with Crippen LogP contribution in [0, 0.1) is 11.8 Å². The number of hydrogen-bond donors (Lipinski definition) is 1. The van der Waals surface area contributed by atoms with Crippen molar-refractivity contribution in [3.63, 3.8) is 0 Å². The van der Waals surface area contributed by atoms with Gasteiger partial charge in [-0.2, -0.15) is 0 Å². The van der Waals surface area contributed by atoms with Crippen LogP contribution in [0.5, 0.6) is 0 Å². The van der Waals surface area contributed by atoms with Crippen LogP contribution < -0.4 is 5.32 Å². The number of rotatable bonds is 3. The number of nitrogens with one attached hydrogen (secondary N) is 1. The lowest BCUT2D eigenvalue weighted by molar-refractivity contribution is 0.347. The Morgan fingerprint density at radius 2 is 2.11 bits per heavy atom. The van der Waals surface area contributed by atoms with Gasteiger partial charge in [0.1, 0.15) is 0 Å². The largest absolute Gasteiger partial charge is 0.313 e. The molecule has 1 nitrogen and oxygen atoms in total. The molecule has 96 valence electrons. The van der Waals surface area contributed by atoms with Crippen LogP contribution in [-0.4, -0.2) is 18.3 Å². The molecular formula is C16H21NS. The van der Waals surface area contributed by atoms with Gasteiger partial charge in [-0.15, -0.1) is 11.8 Å². The Labute approximate surface area is 114 Å². The molecule has 0 spiro atoms. The van der Waals surface area contributed by atoms with Gasteiger partial charge in [0.25, 0.3) is 0 Å². The summed E-state index contributed by atoms with van der Waals surface area (Å²) in [4.78, 5) is 1.51. The van der Waals surface area contributed by atoms with E-state index in [1.54, 1.807) is 5.56 Å². The SMILES string of the molecule is c1ccc2c(c1)SCC2CNC1CC2CCC1C2. The molecule has 4 atom stereocenters. The molecular weight excluding hydrogens is 238 g/mol. The fourth-order valence-corrected chi connectivity index (χ4v) is 5.44. The Morgan fingerprint density at radius 1 is 1.17 bits per heavy atom. The lowest BCUT2D eigenvalue weighted by atomic mass is 9.94. The van der Waals surface area contributed by atoms with Crippen molar-refractivity contribution >= 4 is 11.8 Å². The lowest BCUT2D eigenvalue weighted by Crippen LogP contribution is -2.36. The first kappa shape index (κ1) is 11.4. The van der Waals surface area contributed by atoms with Crippen molar-refractivity contribution in [2.24, 2.45) is 11.8 Å². The van der Waals surface area contributed by atoms with Gasteiger partial charge in [0, 0.05) is 29.2 Å². The lowest BCUT2D eigenvalue weighted by Gasteiger charge is -2.24. The van der Waals surface area contributed by atoms with E-state index in [-0.39, 0.29) is 0 Å². The fraction of sp³-hybridized carbons (Fsp3) is 0.625. The number of hydrogen-bond acceptors (Lipinski definition) is 2. The molecule has 0 aromatic heterocycles. The third-order valence-electron chi connectivity index (χ3n) is 5.16. The zero-order valence-corrected chi connectivity index (χ0v) is 11.6. The van der Waals surface area contributed by atoms with E-state index in [9.17, 15) is 0 Å². The highest BCUT2D eigenvalue weighted by atomic mass is 32.2. The zero-order valence-electron chi connectivity index (χ0n) is 10.8. The number of thioether (sulfide) groups is 1. The predicted molar refractivity (Wildman–Crippen MR) is 77.1 cm³/mol. The van der Waals surface area contributed by atoms with E-state index in [0.29, 0.717) is 0 Å². The quantitative estimate of drug-likeness (QED) is 0.889. The summed E-state index contributed by atoms with van der Waals surface area (Å²) in [5.41, 5.74) is 1.58. The summed E-state index contributed by atoms with van der Waals surface area (Å²) in [7, 11) is 0. The molecule has 18 heavy (non-hydrogen) atoms. The van der Waals surface area contributed by atoms with E-state index in [4.69, 9.17) is 0 Å². The van der Waals surface area contributed by atoms with Crippen LogP contribution in [0.1, 0.15) is 37.2 Å². The summed E-state index contributed by atoms with van der Waals surface area (Å²) in [6.45, 7) is 1.19. The molecule has 2 saturated carbocycles. The minimum atomic E-state index is 0.741. The summed E-state index contributed by atoms with van der Waals surface area (Å²) in [6, 6.07) is 9.79. The van der Waals surface area contributed by atoms with E-state index in [1.165, 1.54) is 42.9 Å². The maximum atomic E-state index is 3.88. The maximum absolute atomic E-state index is 3.88. The second-order valence-corrected chi connectivity index (χ2v) is 7.30. The van der Waals surface area contributed by atoms with Crippen LogP contribution in [0.15, 0.2) is 29.2 Å². The Kier molecular flexibility index (Phi) is 2.89. The normalized spacial score (nSPS) is 37.1. The molecule has 3 aliphatic rings. The third kappa shape index (κ3) is 1.90. The van der Waals surface area contributed by atoms with Gasteiger partial charge in [0.2, 0.25) is 0 Å². The predicted octanol–water partition coefficient (Wildman–Crippen LogP) is 3.65. The van der Waals surface area contributed by atoms with Gasteiger partial charge in [-0.3, -0.25) is 0 Å². The minimum absolute atomic E-state index is 0.741. The molecule has 1 heterocycles. The summed E-state index contributed by atoms with van der Waals surface area (Å²) >= 11 is 2.03. The van der Waals surface area contributed by atoms with Crippen LogP contribution in [0.4, 0.5) is 0 Å². The standard InChI is InChI=1S/C16H21NS/c1-2-4-16-14(3-1)13(10-18-16)9-17-15-8-11-5-6-12(15)7-11/h1-4,11-13,15,17H,5-10H2. The van der Waals surface area contributed by atoms with Gasteiger partial charge >= 0.3 is 0 Å². The van der Waals surface area contributed by atoms with Gasteiger partial charge in [-0.1, -0.05) is 24.6 Å². The highest BCUT2D eigenvalue weighted by Gasteiger charge is 2.39. The Balaban J connectivity index is 1.39. The van der Waals surface area contributed by atoms with Crippen molar-refractivity contribution in [2.45, 2.75) is 42.5 Å². The van der Waals surface area contributed by atoms with Gasteiger partial charge in [-0.25, -0.2) is 0 Å². The average molecular weight is 259 g/mol. The highest BCUT2D eigenvalue weighted by Crippen LogP contribution is 2.45. The molecule has 2 bridgehead atoms. The molecule has 4 unspecified atom stereocenters. The first-order valence-corrected chi connectivity index (χ1v) is 8.34.